The number of nitrogens with zero attached hydrogens (tertiary/aromatic N) is 1. The molecular weight excluding hydrogens is 230 g/mol. The van der Waals surface area contributed by atoms with Gasteiger partial charge in [-0.2, -0.15) is 0 Å². The lowest BCUT2D eigenvalue weighted by molar-refractivity contribution is -0.148. The first-order chi connectivity index (χ1) is 7.74. The molecule has 1 aliphatic heterocycles. The van der Waals surface area contributed by atoms with Crippen LogP contribution < -0.4 is 0 Å². The normalized spacial score (nSPS) is 17.6. The van der Waals surface area contributed by atoms with Crippen LogP contribution in [-0.4, -0.2) is 36.5 Å². The molecule has 90 valence electrons. The number of carbonyl (C=O) groups is 2. The van der Waals surface area contributed by atoms with Gasteiger partial charge in [-0.1, -0.05) is 18.0 Å². The highest BCUT2D eigenvalue weighted by atomic mass is 35.5. The summed E-state index contributed by atoms with van der Waals surface area (Å²) in [7, 11) is 0. The minimum atomic E-state index is -0.384. The average Bonchev–Trinajstić information content (AvgIpc) is 2.45. The van der Waals surface area contributed by atoms with E-state index in [1.165, 1.54) is 11.6 Å². The number of esters is 1. The molecule has 1 heterocycles. The molecule has 0 aromatic heterocycles. The number of likely N-dealkylation sites (tertiary alicyclic amines) is 1. The van der Waals surface area contributed by atoms with Crippen molar-refractivity contribution in [1.29, 1.82) is 0 Å². The lowest BCUT2D eigenvalue weighted by Crippen LogP contribution is -2.36. The third-order valence-corrected chi connectivity index (χ3v) is 2.60. The standard InChI is InChI=1S/C11H16ClNO3/c12-6-4-8-16-11(15)9-13-7-3-1-2-5-10(13)14/h4,6H,1-3,5,7-9H2/b6-4+. The third kappa shape index (κ3) is 4.66. The van der Waals surface area contributed by atoms with Crippen molar-refractivity contribution < 1.29 is 14.3 Å². The molecule has 0 atom stereocenters. The predicted octanol–water partition coefficient (Wildman–Crippen LogP) is 1.68. The maximum absolute atomic E-state index is 11.6. The average molecular weight is 246 g/mol. The van der Waals surface area contributed by atoms with Crippen molar-refractivity contribution >= 4 is 23.5 Å². The SMILES string of the molecule is O=C(CN1CCCCCC1=O)OC/C=C/Cl. The van der Waals surface area contributed by atoms with E-state index in [1.807, 2.05) is 0 Å². The van der Waals surface area contributed by atoms with E-state index in [-0.39, 0.29) is 25.0 Å². The van der Waals surface area contributed by atoms with Gasteiger partial charge in [0, 0.05) is 18.5 Å². The van der Waals surface area contributed by atoms with Gasteiger partial charge in [-0.25, -0.2) is 0 Å². The van der Waals surface area contributed by atoms with Crippen LogP contribution in [0.15, 0.2) is 11.6 Å². The number of ether oxygens (including phenoxy) is 1. The molecule has 1 fully saturated rings. The number of carbonyl (C=O) groups excluding carboxylic acids is 2. The monoisotopic (exact) mass is 245 g/mol. The minimum Gasteiger partial charge on any atom is -0.460 e. The van der Waals surface area contributed by atoms with E-state index in [2.05, 4.69) is 0 Å². The molecule has 0 radical (unpaired) electrons. The van der Waals surface area contributed by atoms with E-state index in [1.54, 1.807) is 4.90 Å². The molecule has 5 heteroatoms. The minimum absolute atomic E-state index is 0.0438. The van der Waals surface area contributed by atoms with Crippen molar-refractivity contribution in [2.24, 2.45) is 0 Å². The molecule has 0 bridgehead atoms. The van der Waals surface area contributed by atoms with Crippen molar-refractivity contribution in [3.63, 3.8) is 0 Å². The van der Waals surface area contributed by atoms with E-state index < -0.39 is 0 Å². The van der Waals surface area contributed by atoms with Crippen molar-refractivity contribution in [3.05, 3.63) is 11.6 Å². The van der Waals surface area contributed by atoms with Crippen molar-refractivity contribution in [1.82, 2.24) is 4.90 Å². The molecule has 1 amide bonds. The van der Waals surface area contributed by atoms with Gasteiger partial charge in [0.15, 0.2) is 0 Å². The van der Waals surface area contributed by atoms with E-state index in [9.17, 15) is 9.59 Å². The van der Waals surface area contributed by atoms with Gasteiger partial charge in [0.2, 0.25) is 5.91 Å². The highest BCUT2D eigenvalue weighted by molar-refractivity contribution is 6.25. The summed E-state index contributed by atoms with van der Waals surface area (Å²) in [6.07, 6.45) is 4.99. The molecule has 0 spiro atoms. The maximum atomic E-state index is 11.6. The largest absolute Gasteiger partial charge is 0.460 e. The van der Waals surface area contributed by atoms with Gasteiger partial charge >= 0.3 is 5.97 Å². The smallest absolute Gasteiger partial charge is 0.325 e. The van der Waals surface area contributed by atoms with Crippen LogP contribution >= 0.6 is 11.6 Å². The highest BCUT2D eigenvalue weighted by Crippen LogP contribution is 2.10. The number of rotatable bonds is 4. The summed E-state index contributed by atoms with van der Waals surface area (Å²) in [5, 5.41) is 0. The number of hydrogen-bond donors (Lipinski definition) is 0. The van der Waals surface area contributed by atoms with Gasteiger partial charge in [0.1, 0.15) is 13.2 Å². The first-order valence-electron chi connectivity index (χ1n) is 5.42. The molecule has 0 unspecified atom stereocenters. The second-order valence-corrected chi connectivity index (χ2v) is 3.92. The zero-order valence-electron chi connectivity index (χ0n) is 9.15. The molecule has 4 nitrogen and oxygen atoms in total. The molecule has 0 aromatic rings. The summed E-state index contributed by atoms with van der Waals surface area (Å²) in [6, 6.07) is 0. The molecule has 1 rings (SSSR count). The predicted molar refractivity (Wildman–Crippen MR) is 61.0 cm³/mol. The topological polar surface area (TPSA) is 46.6 Å². The fourth-order valence-corrected chi connectivity index (χ4v) is 1.66. The Hall–Kier alpha value is -1.03. The van der Waals surface area contributed by atoms with Crippen LogP contribution in [0.1, 0.15) is 25.7 Å². The van der Waals surface area contributed by atoms with Gasteiger partial charge in [-0.3, -0.25) is 9.59 Å². The first-order valence-corrected chi connectivity index (χ1v) is 5.86. The van der Waals surface area contributed by atoms with Crippen molar-refractivity contribution in [2.45, 2.75) is 25.7 Å². The molecule has 0 saturated carbocycles. The summed E-state index contributed by atoms with van der Waals surface area (Å²) < 4.78 is 4.87. The summed E-state index contributed by atoms with van der Waals surface area (Å²) in [6.45, 7) is 0.860. The van der Waals surface area contributed by atoms with Gasteiger partial charge in [0.25, 0.3) is 0 Å². The maximum Gasteiger partial charge on any atom is 0.325 e. The summed E-state index contributed by atoms with van der Waals surface area (Å²) >= 11 is 5.29. The second-order valence-electron chi connectivity index (χ2n) is 3.67. The Morgan fingerprint density at radius 3 is 3.00 bits per heavy atom. The zero-order chi connectivity index (χ0) is 11.8. The lowest BCUT2D eigenvalue weighted by Gasteiger charge is -2.18. The Balaban J connectivity index is 2.33. The van der Waals surface area contributed by atoms with Gasteiger partial charge < -0.3 is 9.64 Å². The molecular formula is C11H16ClNO3. The molecule has 0 N–H and O–H groups in total. The Morgan fingerprint density at radius 2 is 2.25 bits per heavy atom. The van der Waals surface area contributed by atoms with E-state index in [4.69, 9.17) is 16.3 Å². The van der Waals surface area contributed by atoms with Crippen LogP contribution in [0.5, 0.6) is 0 Å². The quantitative estimate of drug-likeness (QED) is 0.708. The fraction of sp³-hybridized carbons (Fsp3) is 0.636. The number of hydrogen-bond acceptors (Lipinski definition) is 3. The molecule has 0 aliphatic carbocycles. The van der Waals surface area contributed by atoms with Crippen LogP contribution in [-0.2, 0) is 14.3 Å². The van der Waals surface area contributed by atoms with E-state index in [0.29, 0.717) is 13.0 Å². The Morgan fingerprint density at radius 1 is 1.44 bits per heavy atom. The Bertz CT molecular complexity index is 278. The Kier molecular flexibility index (Phi) is 5.93. The Labute approximate surface area is 100 Å². The van der Waals surface area contributed by atoms with Gasteiger partial charge in [-0.05, 0) is 18.9 Å². The van der Waals surface area contributed by atoms with Crippen molar-refractivity contribution in [2.75, 3.05) is 19.7 Å². The van der Waals surface area contributed by atoms with Crippen molar-refractivity contribution in [3.8, 4) is 0 Å². The van der Waals surface area contributed by atoms with Crippen LogP contribution in [0.25, 0.3) is 0 Å². The molecule has 0 aromatic carbocycles. The van der Waals surface area contributed by atoms with Gasteiger partial charge in [-0.15, -0.1) is 0 Å². The summed E-state index contributed by atoms with van der Waals surface area (Å²) in [5.74, 6) is -0.340. The van der Waals surface area contributed by atoms with Crippen LogP contribution in [0.4, 0.5) is 0 Å². The van der Waals surface area contributed by atoms with E-state index in [0.717, 1.165) is 19.3 Å². The zero-order valence-corrected chi connectivity index (χ0v) is 9.91. The molecule has 16 heavy (non-hydrogen) atoms. The van der Waals surface area contributed by atoms with Gasteiger partial charge in [0.05, 0.1) is 0 Å². The molecule has 1 aliphatic rings. The highest BCUT2D eigenvalue weighted by Gasteiger charge is 2.19. The van der Waals surface area contributed by atoms with E-state index >= 15 is 0 Å². The van der Waals surface area contributed by atoms with Crippen LogP contribution in [0, 0.1) is 0 Å². The summed E-state index contributed by atoms with van der Waals surface area (Å²) in [5.41, 5.74) is 1.30. The summed E-state index contributed by atoms with van der Waals surface area (Å²) in [4.78, 5) is 24.5. The molecule has 1 saturated heterocycles. The number of amides is 1. The lowest BCUT2D eigenvalue weighted by atomic mass is 10.2. The fourth-order valence-electron chi connectivity index (χ4n) is 1.58. The number of halogens is 1. The van der Waals surface area contributed by atoms with Crippen LogP contribution in [0.3, 0.4) is 0 Å². The first kappa shape index (κ1) is 13.0. The van der Waals surface area contributed by atoms with Crippen LogP contribution in [0.2, 0.25) is 0 Å². The third-order valence-electron chi connectivity index (χ3n) is 2.42. The second kappa shape index (κ2) is 7.28.